The summed E-state index contributed by atoms with van der Waals surface area (Å²) in [5.41, 5.74) is 2.00. The van der Waals surface area contributed by atoms with Crippen molar-refractivity contribution in [2.24, 2.45) is 0 Å². The molecule has 0 bridgehead atoms. The smallest absolute Gasteiger partial charge is 0.265 e. The van der Waals surface area contributed by atoms with Gasteiger partial charge < -0.3 is 4.84 Å². The molecule has 0 radical (unpaired) electrons. The van der Waals surface area contributed by atoms with E-state index in [-0.39, 0.29) is 12.3 Å². The van der Waals surface area contributed by atoms with E-state index in [9.17, 15) is 4.79 Å². The molecule has 1 amide bonds. The van der Waals surface area contributed by atoms with Gasteiger partial charge in [0.1, 0.15) is 5.02 Å². The standard InChI is InChI=1S/C19H14ClN3O2S/c1-13-18(20)19(26-22-13)23(17(24)11-14-5-3-2-4-6-14)25-16-9-7-15(12-21)8-10-16/h2-10H,11H2,1H3. The lowest BCUT2D eigenvalue weighted by Gasteiger charge is -2.21. The highest BCUT2D eigenvalue weighted by molar-refractivity contribution is 7.11. The van der Waals surface area contributed by atoms with Crippen molar-refractivity contribution >= 4 is 34.0 Å². The largest absolute Gasteiger partial charge is 0.371 e. The molecule has 0 saturated heterocycles. The molecule has 1 heterocycles. The predicted octanol–water partition coefficient (Wildman–Crippen LogP) is 4.55. The minimum absolute atomic E-state index is 0.157. The van der Waals surface area contributed by atoms with Crippen LogP contribution in [0.5, 0.6) is 5.75 Å². The zero-order valence-corrected chi connectivity index (χ0v) is 15.4. The van der Waals surface area contributed by atoms with E-state index in [0.29, 0.717) is 27.0 Å². The number of aromatic nitrogens is 1. The van der Waals surface area contributed by atoms with Crippen molar-refractivity contribution in [3.8, 4) is 11.8 Å². The van der Waals surface area contributed by atoms with Gasteiger partial charge >= 0.3 is 0 Å². The second-order valence-electron chi connectivity index (χ2n) is 5.47. The van der Waals surface area contributed by atoms with Crippen molar-refractivity contribution in [2.75, 3.05) is 5.06 Å². The van der Waals surface area contributed by atoms with Crippen LogP contribution in [0, 0.1) is 18.3 Å². The van der Waals surface area contributed by atoms with Crippen LogP contribution in [0.4, 0.5) is 5.00 Å². The number of carbonyl (C=O) groups is 1. The number of benzene rings is 2. The number of nitriles is 1. The molecule has 7 heteroatoms. The molecule has 1 aromatic heterocycles. The summed E-state index contributed by atoms with van der Waals surface area (Å²) in [6.07, 6.45) is 0.157. The molecule has 0 saturated carbocycles. The Morgan fingerprint density at radius 3 is 2.50 bits per heavy atom. The average Bonchev–Trinajstić information content (AvgIpc) is 3.00. The molecule has 0 aliphatic rings. The average molecular weight is 384 g/mol. The predicted molar refractivity (Wildman–Crippen MR) is 101 cm³/mol. The summed E-state index contributed by atoms with van der Waals surface area (Å²) in [6.45, 7) is 1.77. The fourth-order valence-corrected chi connectivity index (χ4v) is 3.24. The first-order chi connectivity index (χ1) is 12.6. The highest BCUT2D eigenvalue weighted by Crippen LogP contribution is 2.34. The number of hydrogen-bond donors (Lipinski definition) is 0. The van der Waals surface area contributed by atoms with E-state index in [1.54, 1.807) is 31.2 Å². The van der Waals surface area contributed by atoms with Crippen LogP contribution in [-0.4, -0.2) is 10.3 Å². The van der Waals surface area contributed by atoms with Gasteiger partial charge in [-0.25, -0.2) is 0 Å². The van der Waals surface area contributed by atoms with Crippen LogP contribution in [0.15, 0.2) is 54.6 Å². The van der Waals surface area contributed by atoms with Gasteiger partial charge in [-0.15, -0.1) is 5.06 Å². The fourth-order valence-electron chi connectivity index (χ4n) is 2.22. The molecule has 3 rings (SSSR count). The second kappa shape index (κ2) is 8.00. The maximum Gasteiger partial charge on any atom is 0.265 e. The number of amides is 1. The molecule has 130 valence electrons. The van der Waals surface area contributed by atoms with Crippen molar-refractivity contribution in [2.45, 2.75) is 13.3 Å². The summed E-state index contributed by atoms with van der Waals surface area (Å²) < 4.78 is 4.19. The quantitative estimate of drug-likeness (QED) is 0.606. The molecule has 0 aliphatic heterocycles. The zero-order chi connectivity index (χ0) is 18.5. The third kappa shape index (κ3) is 4.02. The molecule has 0 N–H and O–H groups in total. The van der Waals surface area contributed by atoms with Crippen molar-refractivity contribution in [1.29, 1.82) is 5.26 Å². The van der Waals surface area contributed by atoms with Crippen LogP contribution in [0.1, 0.15) is 16.8 Å². The molecule has 0 aliphatic carbocycles. The van der Waals surface area contributed by atoms with Crippen LogP contribution >= 0.6 is 23.1 Å². The van der Waals surface area contributed by atoms with Gasteiger partial charge in [-0.3, -0.25) is 4.79 Å². The number of rotatable bonds is 5. The maximum absolute atomic E-state index is 12.9. The van der Waals surface area contributed by atoms with E-state index in [2.05, 4.69) is 4.37 Å². The minimum atomic E-state index is -0.272. The number of hydroxylamine groups is 1. The van der Waals surface area contributed by atoms with E-state index < -0.39 is 0 Å². The van der Waals surface area contributed by atoms with Gasteiger partial charge in [-0.1, -0.05) is 41.9 Å². The zero-order valence-electron chi connectivity index (χ0n) is 13.8. The maximum atomic E-state index is 12.9. The van der Waals surface area contributed by atoms with E-state index in [0.717, 1.165) is 17.1 Å². The number of carbonyl (C=O) groups excluding carboxylic acids is 1. The summed E-state index contributed by atoms with van der Waals surface area (Å²) in [7, 11) is 0. The lowest BCUT2D eigenvalue weighted by Crippen LogP contribution is -2.35. The van der Waals surface area contributed by atoms with Crippen molar-refractivity contribution in [3.63, 3.8) is 0 Å². The van der Waals surface area contributed by atoms with Crippen molar-refractivity contribution < 1.29 is 9.63 Å². The highest BCUT2D eigenvalue weighted by Gasteiger charge is 2.25. The van der Waals surface area contributed by atoms with Gasteiger partial charge in [-0.2, -0.15) is 9.64 Å². The molecular weight excluding hydrogens is 370 g/mol. The van der Waals surface area contributed by atoms with E-state index in [4.69, 9.17) is 21.7 Å². The minimum Gasteiger partial charge on any atom is -0.371 e. The fraction of sp³-hybridized carbons (Fsp3) is 0.105. The lowest BCUT2D eigenvalue weighted by molar-refractivity contribution is -0.122. The van der Waals surface area contributed by atoms with Gasteiger partial charge in [0.15, 0.2) is 10.8 Å². The van der Waals surface area contributed by atoms with Crippen LogP contribution in [0.2, 0.25) is 5.02 Å². The van der Waals surface area contributed by atoms with E-state index in [1.165, 1.54) is 5.06 Å². The Hall–Kier alpha value is -2.88. The summed E-state index contributed by atoms with van der Waals surface area (Å²) in [5, 5.41) is 10.9. The van der Waals surface area contributed by atoms with Crippen molar-refractivity contribution in [3.05, 3.63) is 76.4 Å². The van der Waals surface area contributed by atoms with E-state index >= 15 is 0 Å². The molecule has 5 nitrogen and oxygen atoms in total. The summed E-state index contributed by atoms with van der Waals surface area (Å²) in [6, 6.07) is 17.9. The monoisotopic (exact) mass is 383 g/mol. The number of hydrogen-bond acceptors (Lipinski definition) is 5. The molecule has 0 spiro atoms. The lowest BCUT2D eigenvalue weighted by atomic mass is 10.1. The summed E-state index contributed by atoms with van der Waals surface area (Å²) in [4.78, 5) is 18.7. The Morgan fingerprint density at radius 2 is 1.92 bits per heavy atom. The van der Waals surface area contributed by atoms with Crippen LogP contribution < -0.4 is 9.90 Å². The second-order valence-corrected chi connectivity index (χ2v) is 6.59. The van der Waals surface area contributed by atoms with Crippen molar-refractivity contribution in [1.82, 2.24) is 4.37 Å². The van der Waals surface area contributed by atoms with Gasteiger partial charge in [0.2, 0.25) is 0 Å². The molecule has 26 heavy (non-hydrogen) atoms. The molecule has 0 fully saturated rings. The van der Waals surface area contributed by atoms with Gasteiger partial charge in [0.25, 0.3) is 5.91 Å². The SMILES string of the molecule is Cc1nsc(N(Oc2ccc(C#N)cc2)C(=O)Cc2ccccc2)c1Cl. The number of anilines is 1. The number of halogens is 1. The highest BCUT2D eigenvalue weighted by atomic mass is 35.5. The van der Waals surface area contributed by atoms with Crippen LogP contribution in [-0.2, 0) is 11.2 Å². The molecular formula is C19H14ClN3O2S. The summed E-state index contributed by atoms with van der Waals surface area (Å²) >= 11 is 7.39. The van der Waals surface area contributed by atoms with Crippen LogP contribution in [0.3, 0.4) is 0 Å². The Bertz CT molecular complexity index is 949. The van der Waals surface area contributed by atoms with E-state index in [1.807, 2.05) is 36.4 Å². The van der Waals surface area contributed by atoms with Gasteiger partial charge in [-0.05, 0) is 48.3 Å². The van der Waals surface area contributed by atoms with Gasteiger partial charge in [0.05, 0.1) is 23.7 Å². The normalized spacial score (nSPS) is 10.2. The number of nitrogens with zero attached hydrogens (tertiary/aromatic N) is 3. The molecule has 2 aromatic carbocycles. The molecule has 0 unspecified atom stereocenters. The molecule has 3 aromatic rings. The van der Waals surface area contributed by atoms with Gasteiger partial charge in [0, 0.05) is 0 Å². The Morgan fingerprint density at radius 1 is 1.23 bits per heavy atom. The molecule has 0 atom stereocenters. The first kappa shape index (κ1) is 17.9. The Kier molecular flexibility index (Phi) is 5.52. The Balaban J connectivity index is 1.89. The topological polar surface area (TPSA) is 66.2 Å². The third-order valence-corrected chi connectivity index (χ3v) is 5.04. The number of aryl methyl sites for hydroxylation is 1. The first-order valence-electron chi connectivity index (χ1n) is 7.75. The van der Waals surface area contributed by atoms with Crippen LogP contribution in [0.25, 0.3) is 0 Å². The third-order valence-electron chi connectivity index (χ3n) is 3.56. The summed E-state index contributed by atoms with van der Waals surface area (Å²) in [5.74, 6) is 0.152. The Labute approximate surface area is 160 Å². The first-order valence-corrected chi connectivity index (χ1v) is 8.90.